The summed E-state index contributed by atoms with van der Waals surface area (Å²) in [7, 11) is 0. The Morgan fingerprint density at radius 1 is 1.52 bits per heavy atom. The number of aromatic nitrogens is 2. The first kappa shape index (κ1) is 14.5. The van der Waals surface area contributed by atoms with Gasteiger partial charge in [0.15, 0.2) is 6.23 Å². The number of aliphatic hydroxyl groups excluding tert-OH is 2. The van der Waals surface area contributed by atoms with E-state index in [0.29, 0.717) is 18.6 Å². The Morgan fingerprint density at radius 3 is 2.90 bits per heavy atom. The predicted octanol–water partition coefficient (Wildman–Crippen LogP) is -1.36. The van der Waals surface area contributed by atoms with Crippen LogP contribution in [0.2, 0.25) is 0 Å². The molecule has 116 valence electrons. The highest BCUT2D eigenvalue weighted by Crippen LogP contribution is 2.46. The van der Waals surface area contributed by atoms with E-state index in [2.05, 4.69) is 4.98 Å². The molecule has 1 aromatic rings. The van der Waals surface area contributed by atoms with Gasteiger partial charge in [0.05, 0.1) is 6.61 Å². The van der Waals surface area contributed by atoms with Crippen LogP contribution in [0.4, 0.5) is 0 Å². The van der Waals surface area contributed by atoms with Crippen LogP contribution >= 0.6 is 0 Å². The lowest BCUT2D eigenvalue weighted by molar-refractivity contribution is -0.122. The Morgan fingerprint density at radius 2 is 2.29 bits per heavy atom. The molecule has 0 unspecified atom stereocenters. The third kappa shape index (κ3) is 2.06. The minimum atomic E-state index is -1.07. The van der Waals surface area contributed by atoms with Crippen LogP contribution in [-0.4, -0.2) is 50.8 Å². The molecular formula is C13H18N2O6. The van der Waals surface area contributed by atoms with Gasteiger partial charge >= 0.3 is 5.69 Å². The molecule has 8 nitrogen and oxygen atoms in total. The largest absolute Gasteiger partial charge is 0.394 e. The Hall–Kier alpha value is -1.48. The minimum absolute atomic E-state index is 0.355. The monoisotopic (exact) mass is 298 g/mol. The van der Waals surface area contributed by atoms with Crippen molar-refractivity contribution in [2.24, 2.45) is 0 Å². The first-order valence-electron chi connectivity index (χ1n) is 6.90. The number of H-pyrrole nitrogens is 1. The zero-order valence-corrected chi connectivity index (χ0v) is 11.6. The van der Waals surface area contributed by atoms with Gasteiger partial charge in [-0.05, 0) is 19.8 Å². The van der Waals surface area contributed by atoms with Crippen LogP contribution < -0.4 is 11.2 Å². The molecule has 0 aliphatic carbocycles. The molecule has 0 radical (unpaired) electrons. The number of ether oxygens (including phenoxy) is 2. The zero-order chi connectivity index (χ0) is 15.2. The molecule has 2 aliphatic heterocycles. The molecule has 0 bridgehead atoms. The zero-order valence-electron chi connectivity index (χ0n) is 11.6. The van der Waals surface area contributed by atoms with E-state index in [4.69, 9.17) is 9.47 Å². The molecule has 3 heterocycles. The molecule has 8 heteroatoms. The van der Waals surface area contributed by atoms with E-state index in [9.17, 15) is 19.8 Å². The average molecular weight is 298 g/mol. The summed E-state index contributed by atoms with van der Waals surface area (Å²) in [5, 5.41) is 19.7. The number of aromatic amines is 1. The van der Waals surface area contributed by atoms with Crippen LogP contribution in [0.5, 0.6) is 0 Å². The van der Waals surface area contributed by atoms with Crippen molar-refractivity contribution in [2.45, 2.75) is 43.8 Å². The highest BCUT2D eigenvalue weighted by Gasteiger charge is 2.59. The van der Waals surface area contributed by atoms with Crippen molar-refractivity contribution in [1.82, 2.24) is 9.55 Å². The molecule has 0 amide bonds. The van der Waals surface area contributed by atoms with E-state index >= 15 is 0 Å². The molecular weight excluding hydrogens is 280 g/mol. The molecule has 1 spiro atoms. The van der Waals surface area contributed by atoms with Crippen LogP contribution in [-0.2, 0) is 9.47 Å². The third-order valence-electron chi connectivity index (χ3n) is 4.24. The first-order valence-corrected chi connectivity index (χ1v) is 6.90. The van der Waals surface area contributed by atoms with Crippen molar-refractivity contribution in [3.8, 4) is 0 Å². The Balaban J connectivity index is 2.10. The smallest absolute Gasteiger partial charge is 0.330 e. The number of rotatable bonds is 2. The fraction of sp³-hybridized carbons (Fsp3) is 0.692. The Kier molecular flexibility index (Phi) is 3.48. The number of aryl methyl sites for hydroxylation is 1. The van der Waals surface area contributed by atoms with Gasteiger partial charge in [-0.2, -0.15) is 0 Å². The lowest BCUT2D eigenvalue weighted by Gasteiger charge is -2.32. The normalized spacial score (nSPS) is 35.7. The molecule has 2 aliphatic rings. The molecule has 21 heavy (non-hydrogen) atoms. The Bertz CT molecular complexity index is 645. The Labute approximate surface area is 119 Å². The van der Waals surface area contributed by atoms with E-state index < -0.39 is 35.3 Å². The van der Waals surface area contributed by atoms with Crippen LogP contribution in [0.15, 0.2) is 15.8 Å². The maximum atomic E-state index is 12.0. The van der Waals surface area contributed by atoms with Gasteiger partial charge in [0.2, 0.25) is 0 Å². The average Bonchev–Trinajstić information content (AvgIpc) is 3.04. The molecule has 2 fully saturated rings. The molecule has 1 aromatic heterocycles. The van der Waals surface area contributed by atoms with Crippen molar-refractivity contribution < 1.29 is 19.7 Å². The molecule has 0 aromatic carbocycles. The van der Waals surface area contributed by atoms with E-state index in [1.807, 2.05) is 0 Å². The van der Waals surface area contributed by atoms with Crippen molar-refractivity contribution in [2.75, 3.05) is 13.2 Å². The van der Waals surface area contributed by atoms with Gasteiger partial charge in [0.25, 0.3) is 5.56 Å². The summed E-state index contributed by atoms with van der Waals surface area (Å²) >= 11 is 0. The second-order valence-electron chi connectivity index (χ2n) is 5.54. The fourth-order valence-electron chi connectivity index (χ4n) is 3.13. The van der Waals surface area contributed by atoms with Gasteiger partial charge in [-0.1, -0.05) is 0 Å². The number of hydrogen-bond donors (Lipinski definition) is 3. The van der Waals surface area contributed by atoms with Gasteiger partial charge in [-0.25, -0.2) is 4.79 Å². The first-order chi connectivity index (χ1) is 9.99. The molecule has 4 atom stereocenters. The van der Waals surface area contributed by atoms with Gasteiger partial charge in [-0.3, -0.25) is 14.3 Å². The van der Waals surface area contributed by atoms with Gasteiger partial charge in [0, 0.05) is 18.4 Å². The van der Waals surface area contributed by atoms with E-state index in [0.717, 1.165) is 6.42 Å². The third-order valence-corrected chi connectivity index (χ3v) is 4.24. The van der Waals surface area contributed by atoms with Crippen molar-refractivity contribution in [1.29, 1.82) is 0 Å². The number of nitrogens with one attached hydrogen (secondary N) is 1. The summed E-state index contributed by atoms with van der Waals surface area (Å²) < 4.78 is 12.6. The molecule has 0 saturated carbocycles. The number of hydrogen-bond acceptors (Lipinski definition) is 6. The van der Waals surface area contributed by atoms with Gasteiger partial charge < -0.3 is 19.7 Å². The SMILES string of the molecule is Cc1cn([C@@H]2O[C@H](CO)[C@@H](O)[C@@]23CCCO3)c(=O)[nH]c1=O. The second-order valence-corrected chi connectivity index (χ2v) is 5.54. The molecule has 2 saturated heterocycles. The summed E-state index contributed by atoms with van der Waals surface area (Å²) in [5.41, 5.74) is -1.80. The van der Waals surface area contributed by atoms with Crippen LogP contribution in [0.3, 0.4) is 0 Å². The fourth-order valence-corrected chi connectivity index (χ4v) is 3.13. The van der Waals surface area contributed by atoms with Crippen molar-refractivity contribution in [3.05, 3.63) is 32.6 Å². The second kappa shape index (κ2) is 5.06. The maximum Gasteiger partial charge on any atom is 0.330 e. The van der Waals surface area contributed by atoms with Crippen molar-refractivity contribution in [3.63, 3.8) is 0 Å². The molecule has 3 N–H and O–H groups in total. The summed E-state index contributed by atoms with van der Waals surface area (Å²) in [6, 6.07) is 0. The highest BCUT2D eigenvalue weighted by molar-refractivity contribution is 5.09. The highest BCUT2D eigenvalue weighted by atomic mass is 16.6. The topological polar surface area (TPSA) is 114 Å². The number of aliphatic hydroxyl groups is 2. The lowest BCUT2D eigenvalue weighted by Crippen LogP contribution is -2.49. The summed E-state index contributed by atoms with van der Waals surface area (Å²) in [6.07, 6.45) is -0.107. The molecule has 3 rings (SSSR count). The van der Waals surface area contributed by atoms with Crippen LogP contribution in [0.25, 0.3) is 0 Å². The van der Waals surface area contributed by atoms with E-state index in [1.165, 1.54) is 10.8 Å². The summed E-state index contributed by atoms with van der Waals surface area (Å²) in [5.74, 6) is 0. The van der Waals surface area contributed by atoms with E-state index in [-0.39, 0.29) is 6.61 Å². The lowest BCUT2D eigenvalue weighted by atomic mass is 9.91. The van der Waals surface area contributed by atoms with E-state index in [1.54, 1.807) is 6.92 Å². The predicted molar refractivity (Wildman–Crippen MR) is 71.0 cm³/mol. The van der Waals surface area contributed by atoms with Crippen LogP contribution in [0.1, 0.15) is 24.6 Å². The maximum absolute atomic E-state index is 12.0. The van der Waals surface area contributed by atoms with Gasteiger partial charge in [0.1, 0.15) is 17.8 Å². The summed E-state index contributed by atoms with van der Waals surface area (Å²) in [6.45, 7) is 1.65. The van der Waals surface area contributed by atoms with Crippen molar-refractivity contribution >= 4 is 0 Å². The van der Waals surface area contributed by atoms with Crippen LogP contribution in [0, 0.1) is 6.92 Å². The standard InChI is InChI=1S/C13H18N2O6/c1-7-5-15(12(19)14-10(7)18)11-13(3-2-4-20-13)9(17)8(6-16)21-11/h5,8-9,11,16-17H,2-4,6H2,1H3,(H,14,18,19)/t8-,9-,11-,13+/m1/s1. The number of nitrogens with zero attached hydrogens (tertiary/aromatic N) is 1. The summed E-state index contributed by atoms with van der Waals surface area (Å²) in [4.78, 5) is 25.7. The minimum Gasteiger partial charge on any atom is -0.394 e. The van der Waals surface area contributed by atoms with Gasteiger partial charge in [-0.15, -0.1) is 0 Å². The quantitative estimate of drug-likeness (QED) is 0.622.